The standard InChI is InChI=1S/C49H30N2OS2/c1-3-11-31(12-4-1)37-15-7-8-16-38(37)32-19-21-34(22-20-32)51(35-24-26-43-41(29-35)39-17-9-10-18-42(39)52-43)36-23-25-40-46(30-36)53-44-27-28-45-48(47(40)44)50-49(54-45)33-13-5-2-6-14-33/h1-30H. The number of aromatic nitrogens is 1. The number of hydrogen-bond acceptors (Lipinski definition) is 5. The number of thiazole rings is 1. The number of fused-ring (bicyclic) bond motifs is 8. The molecule has 0 spiro atoms. The third-order valence-corrected chi connectivity index (χ3v) is 12.5. The van der Waals surface area contributed by atoms with Gasteiger partial charge in [0.2, 0.25) is 0 Å². The van der Waals surface area contributed by atoms with Crippen molar-refractivity contribution in [1.29, 1.82) is 0 Å². The van der Waals surface area contributed by atoms with Crippen LogP contribution in [0.1, 0.15) is 0 Å². The molecule has 3 heterocycles. The van der Waals surface area contributed by atoms with E-state index < -0.39 is 0 Å². The predicted molar refractivity (Wildman–Crippen MR) is 231 cm³/mol. The molecule has 0 radical (unpaired) electrons. The van der Waals surface area contributed by atoms with Crippen LogP contribution in [0.15, 0.2) is 186 Å². The van der Waals surface area contributed by atoms with Gasteiger partial charge in [0.15, 0.2) is 0 Å². The van der Waals surface area contributed by atoms with Gasteiger partial charge in [-0.2, -0.15) is 0 Å². The second-order valence-corrected chi connectivity index (χ2v) is 15.6. The van der Waals surface area contributed by atoms with Crippen molar-refractivity contribution in [3.8, 4) is 32.8 Å². The summed E-state index contributed by atoms with van der Waals surface area (Å²) < 4.78 is 9.94. The minimum Gasteiger partial charge on any atom is -0.456 e. The zero-order valence-corrected chi connectivity index (χ0v) is 30.6. The van der Waals surface area contributed by atoms with Crippen LogP contribution in [0.25, 0.3) is 85.2 Å². The number of nitrogens with zero attached hydrogens (tertiary/aromatic N) is 2. The van der Waals surface area contributed by atoms with Crippen LogP contribution in [0, 0.1) is 0 Å². The fourth-order valence-electron chi connectivity index (χ4n) is 7.78. The molecule has 0 fully saturated rings. The maximum Gasteiger partial charge on any atom is 0.135 e. The van der Waals surface area contributed by atoms with Crippen LogP contribution in [-0.2, 0) is 0 Å². The Balaban J connectivity index is 1.06. The molecule has 0 unspecified atom stereocenters. The van der Waals surface area contributed by atoms with Gasteiger partial charge in [0.1, 0.15) is 16.2 Å². The Kier molecular flexibility index (Phi) is 7.22. The fourth-order valence-corrected chi connectivity index (χ4v) is 9.90. The zero-order chi connectivity index (χ0) is 35.6. The van der Waals surface area contributed by atoms with Crippen LogP contribution >= 0.6 is 22.7 Å². The van der Waals surface area contributed by atoms with Gasteiger partial charge in [0.05, 0.1) is 10.2 Å². The van der Waals surface area contributed by atoms with Crippen LogP contribution in [0.3, 0.4) is 0 Å². The number of hydrogen-bond donors (Lipinski definition) is 0. The Bertz CT molecular complexity index is 3160. The van der Waals surface area contributed by atoms with Gasteiger partial charge in [0, 0.05) is 53.6 Å². The lowest BCUT2D eigenvalue weighted by Crippen LogP contribution is -2.09. The number of para-hydroxylation sites is 1. The maximum atomic E-state index is 6.25. The van der Waals surface area contributed by atoms with Crippen molar-refractivity contribution in [3.05, 3.63) is 182 Å². The highest BCUT2D eigenvalue weighted by Crippen LogP contribution is 2.45. The summed E-state index contributed by atoms with van der Waals surface area (Å²) in [6, 6.07) is 64.9. The first kappa shape index (κ1) is 31.0. The van der Waals surface area contributed by atoms with E-state index in [4.69, 9.17) is 9.40 Å². The Morgan fingerprint density at radius 1 is 0.407 bits per heavy atom. The quantitative estimate of drug-likeness (QED) is 0.171. The summed E-state index contributed by atoms with van der Waals surface area (Å²) in [5.41, 5.74) is 12.1. The summed E-state index contributed by atoms with van der Waals surface area (Å²) in [5.74, 6) is 0. The predicted octanol–water partition coefficient (Wildman–Crippen LogP) is 15.0. The molecule has 0 aliphatic rings. The molecular weight excluding hydrogens is 697 g/mol. The molecule has 11 aromatic rings. The summed E-state index contributed by atoms with van der Waals surface area (Å²) in [7, 11) is 0. The van der Waals surface area contributed by atoms with Gasteiger partial charge >= 0.3 is 0 Å². The first-order valence-electron chi connectivity index (χ1n) is 18.0. The highest BCUT2D eigenvalue weighted by Gasteiger charge is 2.19. The second kappa shape index (κ2) is 12.6. The van der Waals surface area contributed by atoms with Gasteiger partial charge in [-0.15, -0.1) is 22.7 Å². The van der Waals surface area contributed by atoms with E-state index in [1.807, 2.05) is 23.5 Å². The molecule has 0 atom stereocenters. The number of anilines is 3. The van der Waals surface area contributed by atoms with E-state index in [0.29, 0.717) is 0 Å². The summed E-state index contributed by atoms with van der Waals surface area (Å²) in [4.78, 5) is 7.56. The number of thiophene rings is 1. The van der Waals surface area contributed by atoms with Crippen molar-refractivity contribution in [2.24, 2.45) is 0 Å². The average Bonchev–Trinajstić information content (AvgIpc) is 3.95. The molecule has 0 bridgehead atoms. The SMILES string of the molecule is c1ccc(-c2nc3c(ccc4sc5cc(N(c6ccc(-c7ccccc7-c7ccccc7)cc6)c6ccc7oc8ccccc8c7c6)ccc5c43)s2)cc1. The minimum atomic E-state index is 0.884. The van der Waals surface area contributed by atoms with E-state index in [9.17, 15) is 0 Å². The molecule has 3 nitrogen and oxygen atoms in total. The monoisotopic (exact) mass is 726 g/mol. The molecule has 54 heavy (non-hydrogen) atoms. The average molecular weight is 727 g/mol. The van der Waals surface area contributed by atoms with Crippen LogP contribution in [0.2, 0.25) is 0 Å². The van der Waals surface area contributed by atoms with Gasteiger partial charge in [-0.1, -0.05) is 121 Å². The van der Waals surface area contributed by atoms with Crippen molar-refractivity contribution in [1.82, 2.24) is 4.98 Å². The second-order valence-electron chi connectivity index (χ2n) is 13.5. The molecule has 254 valence electrons. The van der Waals surface area contributed by atoms with E-state index in [1.54, 1.807) is 11.3 Å². The lowest BCUT2D eigenvalue weighted by atomic mass is 9.94. The van der Waals surface area contributed by atoms with Crippen LogP contribution in [-0.4, -0.2) is 4.98 Å². The number of benzene rings is 8. The van der Waals surface area contributed by atoms with E-state index in [2.05, 4.69) is 175 Å². The molecule has 0 N–H and O–H groups in total. The third-order valence-electron chi connectivity index (χ3n) is 10.3. The molecule has 0 amide bonds. The first-order chi connectivity index (χ1) is 26.7. The molecular formula is C49H30N2OS2. The van der Waals surface area contributed by atoms with Crippen molar-refractivity contribution >= 4 is 92.1 Å². The lowest BCUT2D eigenvalue weighted by molar-refractivity contribution is 0.669. The van der Waals surface area contributed by atoms with E-state index in [-0.39, 0.29) is 0 Å². The minimum absolute atomic E-state index is 0.884. The Morgan fingerprint density at radius 2 is 1.02 bits per heavy atom. The largest absolute Gasteiger partial charge is 0.456 e. The zero-order valence-electron chi connectivity index (χ0n) is 28.9. The van der Waals surface area contributed by atoms with Gasteiger partial charge in [-0.05, 0) is 82.9 Å². The van der Waals surface area contributed by atoms with E-state index in [0.717, 1.165) is 55.1 Å². The lowest BCUT2D eigenvalue weighted by Gasteiger charge is -2.26. The third kappa shape index (κ3) is 5.12. The summed E-state index contributed by atoms with van der Waals surface area (Å²) in [6.07, 6.45) is 0. The molecule has 11 rings (SSSR count). The Labute approximate surface area is 319 Å². The topological polar surface area (TPSA) is 29.3 Å². The molecule has 0 saturated carbocycles. The van der Waals surface area contributed by atoms with Gasteiger partial charge in [-0.25, -0.2) is 4.98 Å². The van der Waals surface area contributed by atoms with Crippen molar-refractivity contribution in [2.75, 3.05) is 4.90 Å². The normalized spacial score (nSPS) is 11.7. The number of rotatable bonds is 6. The highest BCUT2D eigenvalue weighted by atomic mass is 32.1. The Morgan fingerprint density at radius 3 is 1.81 bits per heavy atom. The highest BCUT2D eigenvalue weighted by molar-refractivity contribution is 7.26. The fraction of sp³-hybridized carbons (Fsp3) is 0. The summed E-state index contributed by atoms with van der Waals surface area (Å²) >= 11 is 3.59. The molecule has 5 heteroatoms. The van der Waals surface area contributed by atoms with Gasteiger partial charge in [0.25, 0.3) is 0 Å². The molecule has 0 saturated heterocycles. The van der Waals surface area contributed by atoms with Crippen LogP contribution < -0.4 is 4.90 Å². The van der Waals surface area contributed by atoms with Crippen LogP contribution in [0.4, 0.5) is 17.1 Å². The van der Waals surface area contributed by atoms with Gasteiger partial charge < -0.3 is 9.32 Å². The Hall–Kier alpha value is -6.53. The molecule has 8 aromatic carbocycles. The number of furan rings is 1. The molecule has 3 aromatic heterocycles. The smallest absolute Gasteiger partial charge is 0.135 e. The molecule has 0 aliphatic heterocycles. The van der Waals surface area contributed by atoms with E-state index >= 15 is 0 Å². The summed E-state index contributed by atoms with van der Waals surface area (Å²) in [6.45, 7) is 0. The maximum absolute atomic E-state index is 6.25. The van der Waals surface area contributed by atoms with Gasteiger partial charge in [-0.3, -0.25) is 0 Å². The van der Waals surface area contributed by atoms with Crippen molar-refractivity contribution in [2.45, 2.75) is 0 Å². The van der Waals surface area contributed by atoms with Crippen molar-refractivity contribution < 1.29 is 4.42 Å². The van der Waals surface area contributed by atoms with Crippen molar-refractivity contribution in [3.63, 3.8) is 0 Å². The van der Waals surface area contributed by atoms with E-state index in [1.165, 1.54) is 47.1 Å². The summed E-state index contributed by atoms with van der Waals surface area (Å²) in [5, 5.41) is 5.74. The first-order valence-corrected chi connectivity index (χ1v) is 19.7. The molecule has 0 aliphatic carbocycles. The van der Waals surface area contributed by atoms with Crippen LogP contribution in [0.5, 0.6) is 0 Å².